The number of ketones is 1. The highest BCUT2D eigenvalue weighted by Gasteiger charge is 2.30. The minimum atomic E-state index is -0.313. The number of aromatic nitrogens is 1. The van der Waals surface area contributed by atoms with Crippen LogP contribution in [-0.4, -0.2) is 15.9 Å². The third-order valence-corrected chi connectivity index (χ3v) is 4.76. The Bertz CT molecular complexity index is 1220. The molecule has 0 radical (unpaired) electrons. The topological polar surface area (TPSA) is 62.3 Å². The molecule has 1 aliphatic rings. The van der Waals surface area contributed by atoms with E-state index in [1.807, 2.05) is 54.6 Å². The van der Waals surface area contributed by atoms with E-state index in [1.165, 1.54) is 6.07 Å². The van der Waals surface area contributed by atoms with Gasteiger partial charge in [0.15, 0.2) is 5.76 Å². The number of hydrogen-bond acceptors (Lipinski definition) is 3. The Balaban J connectivity index is 1.71. The molecule has 1 aromatic heterocycles. The van der Waals surface area contributed by atoms with Gasteiger partial charge in [0.25, 0.3) is 0 Å². The van der Waals surface area contributed by atoms with Crippen LogP contribution in [0.5, 0.6) is 11.5 Å². The number of Topliss-reactive ketones (excluding diaryl/α,β-unsaturated/α-hetero) is 1. The number of ether oxygens (including phenoxy) is 1. The molecule has 4 aromatic rings. The van der Waals surface area contributed by atoms with Gasteiger partial charge in [-0.3, -0.25) is 4.79 Å². The largest absolute Gasteiger partial charge is 0.507 e. The number of fused-ring (bicyclic) bond motifs is 2. The lowest BCUT2D eigenvalue weighted by Crippen LogP contribution is -1.98. The molecule has 0 saturated carbocycles. The van der Waals surface area contributed by atoms with Crippen molar-refractivity contribution in [2.24, 2.45) is 0 Å². The van der Waals surface area contributed by atoms with Crippen LogP contribution in [0.4, 0.5) is 0 Å². The van der Waals surface area contributed by atoms with Crippen molar-refractivity contribution in [1.82, 2.24) is 4.98 Å². The highest BCUT2D eigenvalue weighted by Crippen LogP contribution is 2.39. The van der Waals surface area contributed by atoms with Gasteiger partial charge in [0.2, 0.25) is 5.78 Å². The summed E-state index contributed by atoms with van der Waals surface area (Å²) in [6.07, 6.45) is 1.75. The number of nitrogens with one attached hydrogen (secondary N) is 1. The van der Waals surface area contributed by atoms with Gasteiger partial charge >= 0.3 is 0 Å². The number of phenols is 1. The zero-order valence-corrected chi connectivity index (χ0v) is 14.3. The van der Waals surface area contributed by atoms with Gasteiger partial charge in [0.05, 0.1) is 5.69 Å². The molecule has 2 heterocycles. The van der Waals surface area contributed by atoms with Crippen molar-refractivity contribution < 1.29 is 14.6 Å². The summed E-state index contributed by atoms with van der Waals surface area (Å²) in [6.45, 7) is 0. The van der Waals surface area contributed by atoms with Crippen molar-refractivity contribution >= 4 is 22.8 Å². The molecule has 0 unspecified atom stereocenters. The van der Waals surface area contributed by atoms with E-state index < -0.39 is 0 Å². The maximum Gasteiger partial charge on any atom is 0.235 e. The molecule has 0 aliphatic carbocycles. The third kappa shape index (κ3) is 2.42. The minimum Gasteiger partial charge on any atom is -0.507 e. The van der Waals surface area contributed by atoms with Crippen LogP contribution in [0, 0.1) is 0 Å². The Morgan fingerprint density at radius 1 is 0.889 bits per heavy atom. The molecule has 4 nitrogen and oxygen atoms in total. The van der Waals surface area contributed by atoms with Crippen molar-refractivity contribution in [2.75, 3.05) is 0 Å². The molecule has 0 fully saturated rings. The maximum absolute atomic E-state index is 12.8. The highest BCUT2D eigenvalue weighted by molar-refractivity contribution is 6.17. The first-order valence-electron chi connectivity index (χ1n) is 8.65. The van der Waals surface area contributed by atoms with E-state index in [1.54, 1.807) is 18.2 Å². The lowest BCUT2D eigenvalue weighted by Gasteiger charge is -2.03. The van der Waals surface area contributed by atoms with Gasteiger partial charge < -0.3 is 14.8 Å². The summed E-state index contributed by atoms with van der Waals surface area (Å²) in [5.41, 5.74) is 4.01. The average molecular weight is 353 g/mol. The SMILES string of the molecule is O=C1C(=Cc2c(-c3ccccc3)[nH]c3ccccc23)Oc2cccc(O)c21. The van der Waals surface area contributed by atoms with E-state index in [9.17, 15) is 9.90 Å². The van der Waals surface area contributed by atoms with Crippen LogP contribution in [-0.2, 0) is 0 Å². The molecular weight excluding hydrogens is 338 g/mol. The number of benzene rings is 3. The van der Waals surface area contributed by atoms with Crippen molar-refractivity contribution in [3.63, 3.8) is 0 Å². The molecule has 2 N–H and O–H groups in total. The molecule has 0 saturated heterocycles. The van der Waals surface area contributed by atoms with Gasteiger partial charge in [0, 0.05) is 16.5 Å². The Morgan fingerprint density at radius 3 is 2.48 bits per heavy atom. The molecule has 3 aromatic carbocycles. The van der Waals surface area contributed by atoms with Crippen LogP contribution in [0.1, 0.15) is 15.9 Å². The number of aromatic hydroxyl groups is 1. The number of phenolic OH excluding ortho intramolecular Hbond substituents is 1. The van der Waals surface area contributed by atoms with Gasteiger partial charge in [-0.2, -0.15) is 0 Å². The Kier molecular flexibility index (Phi) is 3.37. The van der Waals surface area contributed by atoms with E-state index in [4.69, 9.17) is 4.74 Å². The normalized spacial score (nSPS) is 14.5. The van der Waals surface area contributed by atoms with E-state index in [0.29, 0.717) is 5.75 Å². The lowest BCUT2D eigenvalue weighted by atomic mass is 10.0. The average Bonchev–Trinajstić information content (AvgIpc) is 3.22. The Labute approximate surface area is 155 Å². The number of allylic oxidation sites excluding steroid dienone is 1. The number of carbonyl (C=O) groups is 1. The van der Waals surface area contributed by atoms with Crippen LogP contribution in [0.15, 0.2) is 78.6 Å². The van der Waals surface area contributed by atoms with Gasteiger partial charge in [-0.25, -0.2) is 0 Å². The van der Waals surface area contributed by atoms with E-state index in [-0.39, 0.29) is 22.9 Å². The van der Waals surface area contributed by atoms with E-state index in [2.05, 4.69) is 4.98 Å². The second-order valence-electron chi connectivity index (χ2n) is 6.42. The maximum atomic E-state index is 12.8. The lowest BCUT2D eigenvalue weighted by molar-refractivity contribution is 0.101. The highest BCUT2D eigenvalue weighted by atomic mass is 16.5. The van der Waals surface area contributed by atoms with Crippen LogP contribution >= 0.6 is 0 Å². The number of para-hydroxylation sites is 1. The van der Waals surface area contributed by atoms with Crippen LogP contribution < -0.4 is 4.74 Å². The molecule has 1 aliphatic heterocycles. The minimum absolute atomic E-state index is 0.0666. The molecule has 4 heteroatoms. The fraction of sp³-hybridized carbons (Fsp3) is 0. The van der Waals surface area contributed by atoms with Crippen LogP contribution in [0.2, 0.25) is 0 Å². The fourth-order valence-electron chi connectivity index (χ4n) is 3.49. The van der Waals surface area contributed by atoms with E-state index >= 15 is 0 Å². The number of hydrogen-bond donors (Lipinski definition) is 2. The monoisotopic (exact) mass is 353 g/mol. The number of carbonyl (C=O) groups excluding carboxylic acids is 1. The van der Waals surface area contributed by atoms with Gasteiger partial charge in [-0.1, -0.05) is 54.6 Å². The summed E-state index contributed by atoms with van der Waals surface area (Å²) in [5, 5.41) is 11.0. The molecule has 5 rings (SSSR count). The van der Waals surface area contributed by atoms with Gasteiger partial charge in [0.1, 0.15) is 17.1 Å². The molecule has 0 amide bonds. The number of H-pyrrole nitrogens is 1. The standard InChI is InChI=1S/C23H15NO3/c25-18-11-6-12-19-21(18)23(26)20(27-19)13-16-15-9-4-5-10-17(15)24-22(16)14-7-2-1-3-8-14/h1-13,24-25H. The predicted molar refractivity (Wildman–Crippen MR) is 105 cm³/mol. The van der Waals surface area contributed by atoms with E-state index in [0.717, 1.165) is 27.7 Å². The molecular formula is C23H15NO3. The molecule has 27 heavy (non-hydrogen) atoms. The van der Waals surface area contributed by atoms with Crippen molar-refractivity contribution in [1.29, 1.82) is 0 Å². The fourth-order valence-corrected chi connectivity index (χ4v) is 3.49. The van der Waals surface area contributed by atoms with Crippen LogP contribution in [0.25, 0.3) is 28.2 Å². The first-order chi connectivity index (χ1) is 13.2. The zero-order chi connectivity index (χ0) is 18.4. The first-order valence-corrected chi connectivity index (χ1v) is 8.65. The predicted octanol–water partition coefficient (Wildman–Crippen LogP) is 5.16. The van der Waals surface area contributed by atoms with Crippen molar-refractivity contribution in [2.45, 2.75) is 0 Å². The quantitative estimate of drug-likeness (QED) is 0.490. The van der Waals surface area contributed by atoms with Gasteiger partial charge in [-0.15, -0.1) is 0 Å². The molecule has 130 valence electrons. The summed E-state index contributed by atoms with van der Waals surface area (Å²) in [4.78, 5) is 16.2. The summed E-state index contributed by atoms with van der Waals surface area (Å²) >= 11 is 0. The molecule has 0 spiro atoms. The zero-order valence-electron chi connectivity index (χ0n) is 14.3. The van der Waals surface area contributed by atoms with Crippen molar-refractivity contribution in [3.05, 3.63) is 89.7 Å². The Morgan fingerprint density at radius 2 is 1.67 bits per heavy atom. The summed E-state index contributed by atoms with van der Waals surface area (Å²) < 4.78 is 5.75. The summed E-state index contributed by atoms with van der Waals surface area (Å²) in [6, 6.07) is 22.7. The number of aromatic amines is 1. The van der Waals surface area contributed by atoms with Crippen molar-refractivity contribution in [3.8, 4) is 22.8 Å². The second kappa shape index (κ2) is 5.88. The smallest absolute Gasteiger partial charge is 0.235 e. The van der Waals surface area contributed by atoms with Gasteiger partial charge in [-0.05, 0) is 29.8 Å². The summed E-state index contributed by atoms with van der Waals surface area (Å²) in [5.74, 6) is 0.205. The Hall–Kier alpha value is -3.79. The summed E-state index contributed by atoms with van der Waals surface area (Å²) in [7, 11) is 0. The number of rotatable bonds is 2. The third-order valence-electron chi connectivity index (χ3n) is 4.76. The molecule has 0 atom stereocenters. The second-order valence-corrected chi connectivity index (χ2v) is 6.42. The molecule has 0 bridgehead atoms. The first kappa shape index (κ1) is 15.5. The van der Waals surface area contributed by atoms with Crippen LogP contribution in [0.3, 0.4) is 0 Å².